The lowest BCUT2D eigenvalue weighted by molar-refractivity contribution is -0.122. The molecule has 6 nitrogen and oxygen atoms in total. The van der Waals surface area contributed by atoms with Crippen LogP contribution in [0.15, 0.2) is 52.7 Å². The maximum Gasteiger partial charge on any atom is 0.240 e. The van der Waals surface area contributed by atoms with E-state index in [9.17, 15) is 9.59 Å². The number of anilines is 1. The van der Waals surface area contributed by atoms with Crippen LogP contribution in [-0.2, 0) is 16.0 Å². The van der Waals surface area contributed by atoms with Crippen molar-refractivity contribution < 1.29 is 9.59 Å². The van der Waals surface area contributed by atoms with Crippen molar-refractivity contribution in [1.29, 1.82) is 0 Å². The van der Waals surface area contributed by atoms with Gasteiger partial charge in [0.05, 0.1) is 5.71 Å². The van der Waals surface area contributed by atoms with Gasteiger partial charge in [0.2, 0.25) is 11.8 Å². The molecule has 1 aliphatic carbocycles. The Morgan fingerprint density at radius 2 is 1.97 bits per heavy atom. The summed E-state index contributed by atoms with van der Waals surface area (Å²) in [5.74, 6) is -0.399. The van der Waals surface area contributed by atoms with Crippen molar-refractivity contribution in [2.45, 2.75) is 44.8 Å². The van der Waals surface area contributed by atoms with E-state index >= 15 is 0 Å². The van der Waals surface area contributed by atoms with Crippen molar-refractivity contribution in [2.75, 3.05) is 5.32 Å². The lowest BCUT2D eigenvalue weighted by atomic mass is 9.90. The number of nitrogens with one attached hydrogen (secondary N) is 2. The van der Waals surface area contributed by atoms with E-state index in [0.29, 0.717) is 5.17 Å². The molecular formula is C23H24N4O2S. The van der Waals surface area contributed by atoms with Crippen molar-refractivity contribution in [2.24, 2.45) is 10.2 Å². The normalized spacial score (nSPS) is 20.9. The average molecular weight is 421 g/mol. The molecule has 1 fully saturated rings. The monoisotopic (exact) mass is 420 g/mol. The van der Waals surface area contributed by atoms with E-state index < -0.39 is 5.25 Å². The second-order valence-corrected chi connectivity index (χ2v) is 8.75. The molecule has 2 aromatic rings. The Morgan fingerprint density at radius 1 is 1.13 bits per heavy atom. The number of hydrogen-bond acceptors (Lipinski definition) is 5. The minimum absolute atomic E-state index is 0.0856. The Bertz CT molecular complexity index is 1060. The number of aryl methyl sites for hydroxylation is 2. The van der Waals surface area contributed by atoms with Crippen LogP contribution in [0, 0.1) is 13.8 Å². The van der Waals surface area contributed by atoms with Gasteiger partial charge in [-0.3, -0.25) is 9.59 Å². The van der Waals surface area contributed by atoms with E-state index in [4.69, 9.17) is 0 Å². The van der Waals surface area contributed by atoms with Gasteiger partial charge in [0.25, 0.3) is 0 Å². The summed E-state index contributed by atoms with van der Waals surface area (Å²) in [6.07, 6.45) is 3.05. The minimum atomic E-state index is -0.507. The third-order valence-electron chi connectivity index (χ3n) is 5.48. The number of amidine groups is 1. The molecule has 0 radical (unpaired) electrons. The highest BCUT2D eigenvalue weighted by molar-refractivity contribution is 8.15. The number of carbonyl (C=O) groups excluding carboxylic acids is 2. The van der Waals surface area contributed by atoms with Crippen molar-refractivity contribution in [3.63, 3.8) is 0 Å². The summed E-state index contributed by atoms with van der Waals surface area (Å²) >= 11 is 1.26. The Labute approximate surface area is 180 Å². The molecule has 154 valence electrons. The van der Waals surface area contributed by atoms with Crippen LogP contribution in [0.4, 0.5) is 5.69 Å². The van der Waals surface area contributed by atoms with Gasteiger partial charge < -0.3 is 10.6 Å². The molecular weight excluding hydrogens is 396 g/mol. The van der Waals surface area contributed by atoms with Gasteiger partial charge >= 0.3 is 0 Å². The molecule has 1 saturated heterocycles. The first kappa shape index (κ1) is 20.3. The summed E-state index contributed by atoms with van der Waals surface area (Å²) < 4.78 is 0. The molecule has 4 rings (SSSR count). The second-order valence-electron chi connectivity index (χ2n) is 7.56. The first-order valence-corrected chi connectivity index (χ1v) is 11.0. The minimum Gasteiger partial charge on any atom is -0.326 e. The van der Waals surface area contributed by atoms with Crippen LogP contribution in [0.1, 0.15) is 41.5 Å². The number of benzene rings is 2. The van der Waals surface area contributed by atoms with Crippen molar-refractivity contribution in [3.05, 3.63) is 64.7 Å². The number of rotatable bonds is 4. The molecule has 0 aromatic heterocycles. The zero-order valence-electron chi connectivity index (χ0n) is 17.1. The highest BCUT2D eigenvalue weighted by atomic mass is 32.2. The van der Waals surface area contributed by atoms with Crippen molar-refractivity contribution in [1.82, 2.24) is 5.32 Å². The van der Waals surface area contributed by atoms with Gasteiger partial charge in [-0.2, -0.15) is 5.10 Å². The van der Waals surface area contributed by atoms with E-state index in [0.717, 1.165) is 47.4 Å². The molecule has 1 atom stereocenters. The molecule has 2 N–H and O–H groups in total. The number of fused-ring (bicyclic) bond motifs is 1. The highest BCUT2D eigenvalue weighted by Gasteiger charge is 2.32. The van der Waals surface area contributed by atoms with Crippen LogP contribution in [0.25, 0.3) is 0 Å². The van der Waals surface area contributed by atoms with Gasteiger partial charge in [-0.1, -0.05) is 48.2 Å². The van der Waals surface area contributed by atoms with Crippen LogP contribution in [0.5, 0.6) is 0 Å². The van der Waals surface area contributed by atoms with Crippen LogP contribution in [0.2, 0.25) is 0 Å². The van der Waals surface area contributed by atoms with E-state index in [2.05, 4.69) is 33.0 Å². The maximum atomic E-state index is 12.5. The fourth-order valence-corrected chi connectivity index (χ4v) is 4.57. The highest BCUT2D eigenvalue weighted by Crippen LogP contribution is 2.25. The fourth-order valence-electron chi connectivity index (χ4n) is 3.65. The lowest BCUT2D eigenvalue weighted by Crippen LogP contribution is -2.28. The van der Waals surface area contributed by atoms with Gasteiger partial charge in [-0.05, 0) is 55.9 Å². The largest absolute Gasteiger partial charge is 0.326 e. The van der Waals surface area contributed by atoms with Gasteiger partial charge in [0.15, 0.2) is 5.17 Å². The second kappa shape index (κ2) is 8.83. The number of nitrogens with zero attached hydrogens (tertiary/aromatic N) is 2. The molecule has 0 bridgehead atoms. The Balaban J connectivity index is 1.41. The molecule has 1 aliphatic heterocycles. The fraction of sp³-hybridized carbons (Fsp3) is 0.304. The predicted molar refractivity (Wildman–Crippen MR) is 122 cm³/mol. The summed E-state index contributed by atoms with van der Waals surface area (Å²) in [7, 11) is 0. The molecule has 1 heterocycles. The Hall–Kier alpha value is -2.93. The van der Waals surface area contributed by atoms with E-state index in [1.807, 2.05) is 44.2 Å². The van der Waals surface area contributed by atoms with Crippen molar-refractivity contribution >= 4 is 40.1 Å². The lowest BCUT2D eigenvalue weighted by Gasteiger charge is -2.16. The smallest absolute Gasteiger partial charge is 0.240 e. The molecule has 30 heavy (non-hydrogen) atoms. The number of thioether (sulfide) groups is 1. The third-order valence-corrected chi connectivity index (χ3v) is 6.55. The Morgan fingerprint density at radius 3 is 2.83 bits per heavy atom. The van der Waals surface area contributed by atoms with Crippen molar-refractivity contribution in [3.8, 4) is 0 Å². The summed E-state index contributed by atoms with van der Waals surface area (Å²) in [5, 5.41) is 14.3. The third kappa shape index (κ3) is 4.46. The topological polar surface area (TPSA) is 82.9 Å². The summed E-state index contributed by atoms with van der Waals surface area (Å²) in [4.78, 5) is 24.8. The summed E-state index contributed by atoms with van der Waals surface area (Å²) in [5.41, 5.74) is 6.27. The van der Waals surface area contributed by atoms with E-state index in [1.54, 1.807) is 0 Å². The van der Waals surface area contributed by atoms with E-state index in [1.165, 1.54) is 17.3 Å². The van der Waals surface area contributed by atoms with Gasteiger partial charge in [0, 0.05) is 17.7 Å². The summed E-state index contributed by atoms with van der Waals surface area (Å²) in [6, 6.07) is 14.0. The van der Waals surface area contributed by atoms with Gasteiger partial charge in [0.1, 0.15) is 5.25 Å². The molecule has 2 aliphatic rings. The quantitative estimate of drug-likeness (QED) is 0.735. The van der Waals surface area contributed by atoms with Gasteiger partial charge in [-0.25, -0.2) is 0 Å². The maximum absolute atomic E-state index is 12.5. The zero-order chi connectivity index (χ0) is 21.1. The standard InChI is InChI=1S/C23H24N4O2S/c1-14-7-5-11-18(15(14)2)24-21(28)13-20-22(29)25-23(30-20)27-26-19-12-6-9-16-8-3-4-10-17(16)19/h3-5,7-8,10-11,20H,6,9,12-13H2,1-2H3,(H,24,28)(H,25,27,29)/b26-19-. The van der Waals surface area contributed by atoms with Gasteiger partial charge in [-0.15, -0.1) is 5.10 Å². The van der Waals surface area contributed by atoms with E-state index in [-0.39, 0.29) is 18.2 Å². The predicted octanol–water partition coefficient (Wildman–Crippen LogP) is 3.96. The first-order valence-electron chi connectivity index (χ1n) is 10.1. The SMILES string of the molecule is Cc1cccc(NC(=O)CC2S/C(=N\N=C3\CCCc4ccccc43)NC2=O)c1C. The molecule has 2 aromatic carbocycles. The van der Waals surface area contributed by atoms with Crippen LogP contribution < -0.4 is 10.6 Å². The molecule has 0 saturated carbocycles. The first-order chi connectivity index (χ1) is 14.5. The zero-order valence-corrected chi connectivity index (χ0v) is 17.9. The number of carbonyl (C=O) groups is 2. The molecule has 7 heteroatoms. The van der Waals surface area contributed by atoms with Crippen LogP contribution in [-0.4, -0.2) is 27.9 Å². The summed E-state index contributed by atoms with van der Waals surface area (Å²) in [6.45, 7) is 3.97. The average Bonchev–Trinajstić information content (AvgIpc) is 3.09. The van der Waals surface area contributed by atoms with Crippen LogP contribution >= 0.6 is 11.8 Å². The number of amides is 2. The Kier molecular flexibility index (Phi) is 5.99. The number of hydrogen-bond donors (Lipinski definition) is 2. The van der Waals surface area contributed by atoms with Crippen LogP contribution in [0.3, 0.4) is 0 Å². The molecule has 2 amide bonds. The molecule has 1 unspecified atom stereocenters. The molecule has 0 spiro atoms.